The SMILES string of the molecule is C/C1=C\COc2ccc3cccc(c3n2)-c2cc3c([nH]2)[C@@H](CNC3=O)C1. The molecule has 0 saturated carbocycles. The Morgan fingerprint density at radius 2 is 2.12 bits per heavy atom. The summed E-state index contributed by atoms with van der Waals surface area (Å²) in [6, 6.07) is 12.0. The number of carbonyl (C=O) groups is 1. The second-order valence-electron chi connectivity index (χ2n) is 7.01. The highest BCUT2D eigenvalue weighted by Gasteiger charge is 2.28. The molecule has 5 nitrogen and oxygen atoms in total. The molecule has 2 N–H and O–H groups in total. The van der Waals surface area contributed by atoms with E-state index in [4.69, 9.17) is 9.72 Å². The third-order valence-corrected chi connectivity index (χ3v) is 5.23. The van der Waals surface area contributed by atoms with Crippen molar-refractivity contribution in [1.29, 1.82) is 0 Å². The minimum atomic E-state index is -0.00954. The van der Waals surface area contributed by atoms with Crippen molar-refractivity contribution >= 4 is 16.8 Å². The summed E-state index contributed by atoms with van der Waals surface area (Å²) in [5.41, 5.74) is 5.79. The summed E-state index contributed by atoms with van der Waals surface area (Å²) in [4.78, 5) is 20.6. The van der Waals surface area contributed by atoms with E-state index in [-0.39, 0.29) is 11.8 Å². The number of carbonyl (C=O) groups excluding carboxylic acids is 1. The van der Waals surface area contributed by atoms with Crippen LogP contribution in [0.1, 0.15) is 35.3 Å². The van der Waals surface area contributed by atoms with Crippen LogP contribution in [0.25, 0.3) is 22.2 Å². The van der Waals surface area contributed by atoms with E-state index in [2.05, 4.69) is 23.3 Å². The summed E-state index contributed by atoms with van der Waals surface area (Å²) < 4.78 is 5.84. The first-order valence-corrected chi connectivity index (χ1v) is 8.89. The minimum absolute atomic E-state index is 0.00954. The summed E-state index contributed by atoms with van der Waals surface area (Å²) in [5.74, 6) is 0.843. The van der Waals surface area contributed by atoms with Gasteiger partial charge in [0.05, 0.1) is 11.1 Å². The zero-order valence-corrected chi connectivity index (χ0v) is 14.5. The molecule has 2 aliphatic heterocycles. The molecule has 5 heteroatoms. The first kappa shape index (κ1) is 15.2. The van der Waals surface area contributed by atoms with Crippen LogP contribution in [0.5, 0.6) is 5.88 Å². The van der Waals surface area contributed by atoms with Gasteiger partial charge in [-0.1, -0.05) is 23.8 Å². The first-order valence-electron chi connectivity index (χ1n) is 8.89. The number of pyridine rings is 1. The van der Waals surface area contributed by atoms with Crippen molar-refractivity contribution < 1.29 is 9.53 Å². The van der Waals surface area contributed by atoms with Crippen LogP contribution in [-0.4, -0.2) is 29.0 Å². The Balaban J connectivity index is 1.78. The number of aromatic amines is 1. The van der Waals surface area contributed by atoms with Gasteiger partial charge in [-0.3, -0.25) is 4.79 Å². The standard InChI is InChI=1S/C21H19N3O2/c1-12-7-8-26-18-6-5-13-3-2-4-15(19(13)24-18)17-10-16-20(23-17)14(9-12)11-22-21(16)25/h2-7,10,14,23H,8-9,11H2,1H3,(H,22,25)/b12-7+/t14-/m1/s1. The maximum Gasteiger partial charge on any atom is 0.253 e. The molecule has 130 valence electrons. The third-order valence-electron chi connectivity index (χ3n) is 5.23. The van der Waals surface area contributed by atoms with Crippen LogP contribution >= 0.6 is 0 Å². The lowest BCUT2D eigenvalue weighted by Gasteiger charge is -2.23. The molecule has 2 aliphatic rings. The quantitative estimate of drug-likeness (QED) is 0.609. The van der Waals surface area contributed by atoms with Gasteiger partial charge >= 0.3 is 0 Å². The van der Waals surface area contributed by atoms with Gasteiger partial charge in [0.15, 0.2) is 0 Å². The molecule has 1 amide bonds. The number of rotatable bonds is 0. The van der Waals surface area contributed by atoms with Gasteiger partial charge in [-0.05, 0) is 31.6 Å². The topological polar surface area (TPSA) is 67.0 Å². The molecule has 2 aromatic heterocycles. The zero-order chi connectivity index (χ0) is 17.7. The highest BCUT2D eigenvalue weighted by Crippen LogP contribution is 2.35. The van der Waals surface area contributed by atoms with Gasteiger partial charge in [-0.2, -0.15) is 0 Å². The second kappa shape index (κ2) is 5.73. The predicted octanol–water partition coefficient (Wildman–Crippen LogP) is 3.79. The van der Waals surface area contributed by atoms with E-state index in [1.165, 1.54) is 5.57 Å². The number of fused-ring (bicyclic) bond motifs is 3. The van der Waals surface area contributed by atoms with E-state index in [9.17, 15) is 4.79 Å². The van der Waals surface area contributed by atoms with Crippen LogP contribution in [0.3, 0.4) is 0 Å². The van der Waals surface area contributed by atoms with Gasteiger partial charge in [-0.25, -0.2) is 4.98 Å². The van der Waals surface area contributed by atoms with Crippen LogP contribution in [0.2, 0.25) is 0 Å². The number of hydrogen-bond donors (Lipinski definition) is 2. The Labute approximate surface area is 151 Å². The molecule has 0 spiro atoms. The highest BCUT2D eigenvalue weighted by molar-refractivity contribution is 6.00. The Morgan fingerprint density at radius 3 is 3.04 bits per heavy atom. The molecule has 0 aliphatic carbocycles. The summed E-state index contributed by atoms with van der Waals surface area (Å²) in [5, 5.41) is 4.06. The molecule has 0 fully saturated rings. The van der Waals surface area contributed by atoms with Crippen molar-refractivity contribution in [1.82, 2.24) is 15.3 Å². The van der Waals surface area contributed by atoms with Gasteiger partial charge in [0.2, 0.25) is 5.88 Å². The molecule has 4 heterocycles. The molecule has 4 bridgehead atoms. The molecular formula is C21H19N3O2. The number of para-hydroxylation sites is 1. The summed E-state index contributed by atoms with van der Waals surface area (Å²) in [7, 11) is 0. The van der Waals surface area contributed by atoms with Crippen molar-refractivity contribution in [3.05, 3.63) is 59.3 Å². The maximum absolute atomic E-state index is 12.4. The van der Waals surface area contributed by atoms with Gasteiger partial charge in [0.25, 0.3) is 5.91 Å². The number of ether oxygens (including phenoxy) is 1. The van der Waals surface area contributed by atoms with E-state index in [1.807, 2.05) is 36.4 Å². The number of amides is 1. The third kappa shape index (κ3) is 2.39. The first-order chi connectivity index (χ1) is 12.7. The van der Waals surface area contributed by atoms with Crippen molar-refractivity contribution in [2.75, 3.05) is 13.2 Å². The van der Waals surface area contributed by atoms with Gasteiger partial charge in [0, 0.05) is 40.9 Å². The lowest BCUT2D eigenvalue weighted by molar-refractivity contribution is 0.0940. The fourth-order valence-electron chi connectivity index (χ4n) is 3.88. The number of aromatic nitrogens is 2. The van der Waals surface area contributed by atoms with Crippen molar-refractivity contribution in [3.8, 4) is 17.1 Å². The largest absolute Gasteiger partial charge is 0.473 e. The smallest absolute Gasteiger partial charge is 0.253 e. The van der Waals surface area contributed by atoms with E-state index in [0.29, 0.717) is 19.0 Å². The lowest BCUT2D eigenvalue weighted by Crippen LogP contribution is -2.34. The number of benzene rings is 1. The molecule has 26 heavy (non-hydrogen) atoms. The summed E-state index contributed by atoms with van der Waals surface area (Å²) >= 11 is 0. The Bertz CT molecular complexity index is 1060. The van der Waals surface area contributed by atoms with Crippen LogP contribution < -0.4 is 10.1 Å². The van der Waals surface area contributed by atoms with E-state index in [0.717, 1.165) is 39.8 Å². The minimum Gasteiger partial charge on any atom is -0.473 e. The molecule has 3 aromatic rings. The Hall–Kier alpha value is -3.08. The van der Waals surface area contributed by atoms with Crippen molar-refractivity contribution in [2.45, 2.75) is 19.3 Å². The molecular weight excluding hydrogens is 326 g/mol. The van der Waals surface area contributed by atoms with E-state index in [1.54, 1.807) is 0 Å². The van der Waals surface area contributed by atoms with Gasteiger partial charge in [0.1, 0.15) is 6.61 Å². The number of nitrogens with zero attached hydrogens (tertiary/aromatic N) is 1. The molecule has 0 saturated heterocycles. The number of nitrogens with one attached hydrogen (secondary N) is 2. The average Bonchev–Trinajstić information content (AvgIpc) is 3.09. The number of allylic oxidation sites excluding steroid dienone is 1. The molecule has 5 rings (SSSR count). The van der Waals surface area contributed by atoms with Crippen molar-refractivity contribution in [3.63, 3.8) is 0 Å². The molecule has 0 unspecified atom stereocenters. The summed E-state index contributed by atoms with van der Waals surface area (Å²) in [6.45, 7) is 3.25. The Kier molecular flexibility index (Phi) is 3.35. The fraction of sp³-hybridized carbons (Fsp3) is 0.238. The van der Waals surface area contributed by atoms with Crippen LogP contribution in [0.15, 0.2) is 48.0 Å². The van der Waals surface area contributed by atoms with E-state index < -0.39 is 0 Å². The predicted molar refractivity (Wildman–Crippen MR) is 100 cm³/mol. The van der Waals surface area contributed by atoms with Crippen LogP contribution in [0, 0.1) is 0 Å². The molecule has 0 radical (unpaired) electrons. The monoisotopic (exact) mass is 345 g/mol. The molecule has 1 atom stereocenters. The number of hydrogen-bond acceptors (Lipinski definition) is 3. The average molecular weight is 345 g/mol. The highest BCUT2D eigenvalue weighted by atomic mass is 16.5. The molecule has 1 aromatic carbocycles. The normalized spacial score (nSPS) is 21.0. The number of H-pyrrole nitrogens is 1. The summed E-state index contributed by atoms with van der Waals surface area (Å²) in [6.07, 6.45) is 2.97. The van der Waals surface area contributed by atoms with Gasteiger partial charge < -0.3 is 15.0 Å². The second-order valence-corrected chi connectivity index (χ2v) is 7.01. The van der Waals surface area contributed by atoms with Crippen molar-refractivity contribution in [2.24, 2.45) is 0 Å². The van der Waals surface area contributed by atoms with E-state index >= 15 is 0 Å². The zero-order valence-electron chi connectivity index (χ0n) is 14.5. The lowest BCUT2D eigenvalue weighted by atomic mass is 9.91. The van der Waals surface area contributed by atoms with Gasteiger partial charge in [-0.15, -0.1) is 0 Å². The fourth-order valence-corrected chi connectivity index (χ4v) is 3.88. The Morgan fingerprint density at radius 1 is 1.19 bits per heavy atom. The van der Waals surface area contributed by atoms with Crippen LogP contribution in [0.4, 0.5) is 0 Å². The van der Waals surface area contributed by atoms with Crippen LogP contribution in [-0.2, 0) is 0 Å². The maximum atomic E-state index is 12.4.